The van der Waals surface area contributed by atoms with E-state index in [0.717, 1.165) is 49.9 Å². The second-order valence-corrected chi connectivity index (χ2v) is 11.2. The summed E-state index contributed by atoms with van der Waals surface area (Å²) in [5.74, 6) is 1.81. The lowest BCUT2D eigenvalue weighted by Crippen LogP contribution is -2.42. The highest BCUT2D eigenvalue weighted by atomic mass is 35.5. The lowest BCUT2D eigenvalue weighted by Gasteiger charge is -2.34. The zero-order chi connectivity index (χ0) is 22.2. The summed E-state index contributed by atoms with van der Waals surface area (Å²) < 4.78 is 23.2. The normalized spacial score (nSPS) is 22.7. The Morgan fingerprint density at radius 1 is 1.06 bits per heavy atom. The number of benzene rings is 1. The number of pyridine rings is 1. The number of sulfone groups is 1. The number of rotatable bonds is 4. The molecule has 0 saturated carbocycles. The molecule has 166 valence electrons. The first-order valence-corrected chi connectivity index (χ1v) is 12.9. The topological polar surface area (TPSA) is 70.6 Å². The van der Waals surface area contributed by atoms with Gasteiger partial charge in [0, 0.05) is 55.5 Å². The van der Waals surface area contributed by atoms with Gasteiger partial charge in [0.05, 0.1) is 4.90 Å². The fourth-order valence-corrected chi connectivity index (χ4v) is 5.37. The number of nitrogens with zero attached hydrogens (tertiary/aromatic N) is 3. The molecule has 0 unspecified atom stereocenters. The summed E-state index contributed by atoms with van der Waals surface area (Å²) in [6, 6.07) is 11.3. The second kappa shape index (κ2) is 8.79. The molecule has 2 atom stereocenters. The molecule has 2 saturated heterocycles. The Labute approximate surface area is 189 Å². The van der Waals surface area contributed by atoms with Gasteiger partial charge in [0.2, 0.25) is 5.91 Å². The number of carbonyl (C=O) groups excluding carboxylic acids is 1. The molecule has 2 fully saturated rings. The van der Waals surface area contributed by atoms with Crippen LogP contribution in [0.1, 0.15) is 31.2 Å². The molecular formula is C23H28ClN3O3S. The van der Waals surface area contributed by atoms with Crippen molar-refractivity contribution in [1.82, 2.24) is 9.88 Å². The molecule has 2 aliphatic rings. The number of hydrogen-bond acceptors (Lipinski definition) is 5. The summed E-state index contributed by atoms with van der Waals surface area (Å²) >= 11 is 6.02. The van der Waals surface area contributed by atoms with Crippen molar-refractivity contribution in [2.75, 3.05) is 37.3 Å². The van der Waals surface area contributed by atoms with Crippen LogP contribution < -0.4 is 4.90 Å². The van der Waals surface area contributed by atoms with Crippen LogP contribution in [0.15, 0.2) is 47.5 Å². The van der Waals surface area contributed by atoms with E-state index >= 15 is 0 Å². The fourth-order valence-electron chi connectivity index (χ4n) is 4.68. The minimum Gasteiger partial charge on any atom is -0.357 e. The van der Waals surface area contributed by atoms with Crippen molar-refractivity contribution >= 4 is 33.2 Å². The minimum atomic E-state index is -3.25. The Morgan fingerprint density at radius 3 is 2.32 bits per heavy atom. The van der Waals surface area contributed by atoms with Crippen LogP contribution >= 0.6 is 11.6 Å². The lowest BCUT2D eigenvalue weighted by atomic mass is 9.90. The van der Waals surface area contributed by atoms with Gasteiger partial charge in [-0.3, -0.25) is 4.79 Å². The number of hydrogen-bond donors (Lipinski definition) is 0. The summed E-state index contributed by atoms with van der Waals surface area (Å²) in [7, 11) is -3.25. The SMILES string of the molecule is C[C@@H]1CN(C(=O)C2CCN(c3ccc(S(C)(=O)=O)cn3)CC2)C[C@H]1c1ccc(Cl)cc1. The van der Waals surface area contributed by atoms with Crippen LogP contribution in [0.25, 0.3) is 0 Å². The van der Waals surface area contributed by atoms with E-state index in [1.807, 2.05) is 17.0 Å². The third-order valence-electron chi connectivity index (χ3n) is 6.54. The molecule has 1 aromatic heterocycles. The predicted molar refractivity (Wildman–Crippen MR) is 122 cm³/mol. The third-order valence-corrected chi connectivity index (χ3v) is 7.89. The standard InChI is InChI=1S/C23H28ClN3O3S/c1-16-14-27(15-21(16)17-3-5-19(24)6-4-17)23(28)18-9-11-26(12-10-18)22-8-7-20(13-25-22)31(2,29)30/h3-8,13,16,18,21H,9-12,14-15H2,1-2H3/t16-,21-/m1/s1. The maximum absolute atomic E-state index is 13.2. The molecule has 0 bridgehead atoms. The van der Waals surface area contributed by atoms with Gasteiger partial charge in [-0.2, -0.15) is 0 Å². The zero-order valence-corrected chi connectivity index (χ0v) is 19.4. The molecule has 1 aromatic carbocycles. The Hall–Kier alpha value is -2.12. The summed E-state index contributed by atoms with van der Waals surface area (Å²) in [6.07, 6.45) is 4.15. The number of amides is 1. The van der Waals surface area contributed by atoms with Crippen molar-refractivity contribution in [3.8, 4) is 0 Å². The summed E-state index contributed by atoms with van der Waals surface area (Å²) in [4.78, 5) is 21.9. The van der Waals surface area contributed by atoms with Crippen LogP contribution in [0.5, 0.6) is 0 Å². The molecular weight excluding hydrogens is 434 g/mol. The van der Waals surface area contributed by atoms with Crippen LogP contribution in [0.4, 0.5) is 5.82 Å². The summed E-state index contributed by atoms with van der Waals surface area (Å²) in [5, 5.41) is 0.731. The maximum atomic E-state index is 13.2. The quantitative estimate of drug-likeness (QED) is 0.695. The lowest BCUT2D eigenvalue weighted by molar-refractivity contribution is -0.135. The number of piperidine rings is 1. The highest BCUT2D eigenvalue weighted by Gasteiger charge is 2.37. The molecule has 2 aromatic rings. The predicted octanol–water partition coefficient (Wildman–Crippen LogP) is 3.62. The Morgan fingerprint density at radius 2 is 1.74 bits per heavy atom. The first kappa shape index (κ1) is 22.1. The number of anilines is 1. The number of carbonyl (C=O) groups is 1. The number of aromatic nitrogens is 1. The van der Waals surface area contributed by atoms with Crippen molar-refractivity contribution in [2.24, 2.45) is 11.8 Å². The van der Waals surface area contributed by atoms with Gasteiger partial charge in [-0.25, -0.2) is 13.4 Å². The van der Waals surface area contributed by atoms with Crippen molar-refractivity contribution in [3.63, 3.8) is 0 Å². The van der Waals surface area contributed by atoms with Crippen molar-refractivity contribution in [3.05, 3.63) is 53.2 Å². The maximum Gasteiger partial charge on any atom is 0.225 e. The van der Waals surface area contributed by atoms with Gasteiger partial charge < -0.3 is 9.80 Å². The van der Waals surface area contributed by atoms with Crippen LogP contribution in [-0.4, -0.2) is 56.6 Å². The van der Waals surface area contributed by atoms with E-state index in [4.69, 9.17) is 11.6 Å². The van der Waals surface area contributed by atoms with E-state index in [-0.39, 0.29) is 16.7 Å². The van der Waals surface area contributed by atoms with Crippen molar-refractivity contribution in [2.45, 2.75) is 30.6 Å². The molecule has 4 rings (SSSR count). The van der Waals surface area contributed by atoms with E-state index in [0.29, 0.717) is 11.8 Å². The molecule has 6 nitrogen and oxygen atoms in total. The van der Waals surface area contributed by atoms with E-state index in [2.05, 4.69) is 28.9 Å². The summed E-state index contributed by atoms with van der Waals surface area (Å²) in [6.45, 7) is 5.25. The average Bonchev–Trinajstić information content (AvgIpc) is 3.15. The van der Waals surface area contributed by atoms with Crippen LogP contribution in [0, 0.1) is 11.8 Å². The third kappa shape index (κ3) is 4.88. The van der Waals surface area contributed by atoms with Crippen LogP contribution in [0.2, 0.25) is 5.02 Å². The fraction of sp³-hybridized carbons (Fsp3) is 0.478. The van der Waals surface area contributed by atoms with Gasteiger partial charge in [0.1, 0.15) is 5.82 Å². The molecule has 0 radical (unpaired) electrons. The Kier molecular flexibility index (Phi) is 6.26. The van der Waals surface area contributed by atoms with Gasteiger partial charge in [-0.15, -0.1) is 0 Å². The number of likely N-dealkylation sites (tertiary alicyclic amines) is 1. The summed E-state index contributed by atoms with van der Waals surface area (Å²) in [5.41, 5.74) is 1.24. The zero-order valence-electron chi connectivity index (χ0n) is 17.9. The molecule has 8 heteroatoms. The van der Waals surface area contributed by atoms with Crippen LogP contribution in [-0.2, 0) is 14.6 Å². The van der Waals surface area contributed by atoms with Gasteiger partial charge in [-0.1, -0.05) is 30.7 Å². The molecule has 3 heterocycles. The van der Waals surface area contributed by atoms with E-state index in [1.165, 1.54) is 18.0 Å². The molecule has 2 aliphatic heterocycles. The van der Waals surface area contributed by atoms with E-state index in [1.54, 1.807) is 12.1 Å². The molecule has 0 spiro atoms. The van der Waals surface area contributed by atoms with Gasteiger partial charge in [0.25, 0.3) is 0 Å². The largest absolute Gasteiger partial charge is 0.357 e. The van der Waals surface area contributed by atoms with Crippen molar-refractivity contribution in [1.29, 1.82) is 0 Å². The molecule has 31 heavy (non-hydrogen) atoms. The highest BCUT2D eigenvalue weighted by molar-refractivity contribution is 7.90. The second-order valence-electron chi connectivity index (χ2n) is 8.76. The monoisotopic (exact) mass is 461 g/mol. The molecule has 0 N–H and O–H groups in total. The Bertz CT molecular complexity index is 1030. The smallest absolute Gasteiger partial charge is 0.225 e. The average molecular weight is 462 g/mol. The first-order chi connectivity index (χ1) is 14.7. The first-order valence-electron chi connectivity index (χ1n) is 10.7. The number of halogens is 1. The minimum absolute atomic E-state index is 0.0303. The van der Waals surface area contributed by atoms with E-state index in [9.17, 15) is 13.2 Å². The van der Waals surface area contributed by atoms with E-state index < -0.39 is 9.84 Å². The van der Waals surface area contributed by atoms with Gasteiger partial charge >= 0.3 is 0 Å². The van der Waals surface area contributed by atoms with Crippen LogP contribution in [0.3, 0.4) is 0 Å². The van der Waals surface area contributed by atoms with Gasteiger partial charge in [0.15, 0.2) is 9.84 Å². The Balaban J connectivity index is 1.34. The van der Waals surface area contributed by atoms with Crippen molar-refractivity contribution < 1.29 is 13.2 Å². The molecule has 0 aliphatic carbocycles. The molecule has 1 amide bonds. The van der Waals surface area contributed by atoms with Gasteiger partial charge in [-0.05, 0) is 48.6 Å². The highest BCUT2D eigenvalue weighted by Crippen LogP contribution is 2.35.